The van der Waals surface area contributed by atoms with Gasteiger partial charge in [-0.25, -0.2) is 9.59 Å². The first-order valence-electron chi connectivity index (χ1n) is 6.20. The van der Waals surface area contributed by atoms with Crippen LogP contribution >= 0.6 is 0 Å². The van der Waals surface area contributed by atoms with Crippen LogP contribution in [0.25, 0.3) is 0 Å². The third-order valence-corrected chi connectivity index (χ3v) is 2.52. The minimum atomic E-state index is -1.12. The molecule has 0 aromatic heterocycles. The van der Waals surface area contributed by atoms with E-state index in [1.54, 1.807) is 4.90 Å². The SMILES string of the molecule is CC(C)(C)OC(=O)N1CCN(CC#CC(=O)O)CC1. The van der Waals surface area contributed by atoms with E-state index >= 15 is 0 Å². The zero-order chi connectivity index (χ0) is 14.5. The molecule has 0 spiro atoms. The maximum Gasteiger partial charge on any atom is 0.410 e. The van der Waals surface area contributed by atoms with Crippen LogP contribution in [0.1, 0.15) is 20.8 Å². The predicted octanol–water partition coefficient (Wildman–Crippen LogP) is 0.627. The fraction of sp³-hybridized carbons (Fsp3) is 0.692. The van der Waals surface area contributed by atoms with Gasteiger partial charge >= 0.3 is 12.1 Å². The van der Waals surface area contributed by atoms with E-state index in [0.29, 0.717) is 32.7 Å². The van der Waals surface area contributed by atoms with Crippen LogP contribution in [0.15, 0.2) is 0 Å². The van der Waals surface area contributed by atoms with Crippen molar-refractivity contribution in [2.75, 3.05) is 32.7 Å². The largest absolute Gasteiger partial charge is 0.472 e. The Morgan fingerprint density at radius 1 is 1.21 bits per heavy atom. The van der Waals surface area contributed by atoms with Crippen molar-refractivity contribution < 1.29 is 19.4 Å². The van der Waals surface area contributed by atoms with E-state index in [2.05, 4.69) is 11.8 Å². The van der Waals surface area contributed by atoms with Crippen molar-refractivity contribution in [3.63, 3.8) is 0 Å². The number of aliphatic carboxylic acids is 1. The molecule has 1 fully saturated rings. The summed E-state index contributed by atoms with van der Waals surface area (Å²) in [5.41, 5.74) is -0.485. The lowest BCUT2D eigenvalue weighted by molar-refractivity contribution is -0.130. The van der Waals surface area contributed by atoms with Gasteiger partial charge in [-0.15, -0.1) is 0 Å². The molecule has 0 aromatic rings. The molecule has 106 valence electrons. The Balaban J connectivity index is 2.35. The number of hydrogen-bond donors (Lipinski definition) is 1. The second-order valence-electron chi connectivity index (χ2n) is 5.35. The lowest BCUT2D eigenvalue weighted by Gasteiger charge is -2.34. The van der Waals surface area contributed by atoms with Crippen molar-refractivity contribution in [1.82, 2.24) is 9.80 Å². The normalized spacial score (nSPS) is 16.5. The molecule has 1 amide bonds. The smallest absolute Gasteiger partial charge is 0.410 e. The zero-order valence-corrected chi connectivity index (χ0v) is 11.6. The summed E-state index contributed by atoms with van der Waals surface area (Å²) in [7, 11) is 0. The van der Waals surface area contributed by atoms with Gasteiger partial charge in [-0.1, -0.05) is 5.92 Å². The first-order valence-corrected chi connectivity index (χ1v) is 6.20. The van der Waals surface area contributed by atoms with Crippen molar-refractivity contribution >= 4 is 12.1 Å². The first kappa shape index (κ1) is 15.3. The molecule has 1 aliphatic heterocycles. The van der Waals surface area contributed by atoms with Crippen LogP contribution in [-0.2, 0) is 9.53 Å². The number of piperazine rings is 1. The number of amides is 1. The monoisotopic (exact) mass is 268 g/mol. The Bertz CT molecular complexity index is 395. The molecular formula is C13H20N2O4. The molecule has 1 heterocycles. The highest BCUT2D eigenvalue weighted by atomic mass is 16.6. The van der Waals surface area contributed by atoms with Crippen LogP contribution in [0.2, 0.25) is 0 Å². The van der Waals surface area contributed by atoms with Crippen molar-refractivity contribution in [2.45, 2.75) is 26.4 Å². The van der Waals surface area contributed by atoms with Crippen LogP contribution in [0.4, 0.5) is 4.79 Å². The summed E-state index contributed by atoms with van der Waals surface area (Å²) in [5.74, 6) is 3.54. The predicted molar refractivity (Wildman–Crippen MR) is 69.7 cm³/mol. The number of ether oxygens (including phenoxy) is 1. The van der Waals surface area contributed by atoms with Crippen LogP contribution < -0.4 is 0 Å². The second kappa shape index (κ2) is 6.43. The van der Waals surface area contributed by atoms with E-state index in [0.717, 1.165) is 0 Å². The fourth-order valence-corrected chi connectivity index (χ4v) is 1.64. The summed E-state index contributed by atoms with van der Waals surface area (Å²) < 4.78 is 5.29. The van der Waals surface area contributed by atoms with Crippen molar-refractivity contribution in [1.29, 1.82) is 0 Å². The minimum Gasteiger partial charge on any atom is -0.472 e. The Morgan fingerprint density at radius 2 is 1.79 bits per heavy atom. The molecule has 1 saturated heterocycles. The van der Waals surface area contributed by atoms with E-state index in [-0.39, 0.29) is 6.09 Å². The summed E-state index contributed by atoms with van der Waals surface area (Å²) >= 11 is 0. The van der Waals surface area contributed by atoms with Crippen LogP contribution in [0.3, 0.4) is 0 Å². The van der Waals surface area contributed by atoms with Crippen molar-refractivity contribution in [3.05, 3.63) is 0 Å². The number of hydrogen-bond acceptors (Lipinski definition) is 4. The quantitative estimate of drug-likeness (QED) is 0.706. The van der Waals surface area contributed by atoms with Crippen LogP contribution in [0, 0.1) is 11.8 Å². The molecule has 1 aliphatic rings. The maximum atomic E-state index is 11.8. The highest BCUT2D eigenvalue weighted by Gasteiger charge is 2.25. The van der Waals surface area contributed by atoms with Crippen LogP contribution in [0.5, 0.6) is 0 Å². The number of carboxylic acids is 1. The molecule has 0 radical (unpaired) electrons. The number of nitrogens with zero attached hydrogens (tertiary/aromatic N) is 2. The van der Waals surface area contributed by atoms with E-state index in [4.69, 9.17) is 9.84 Å². The summed E-state index contributed by atoms with van der Waals surface area (Å²) in [4.78, 5) is 25.7. The summed E-state index contributed by atoms with van der Waals surface area (Å²) in [6, 6.07) is 0. The van der Waals surface area contributed by atoms with Gasteiger partial charge in [0.2, 0.25) is 0 Å². The fourth-order valence-electron chi connectivity index (χ4n) is 1.64. The molecule has 0 atom stereocenters. The van der Waals surface area contributed by atoms with Gasteiger partial charge in [-0.3, -0.25) is 4.90 Å². The molecule has 1 N–H and O–H groups in total. The summed E-state index contributed by atoms with van der Waals surface area (Å²) in [5, 5.41) is 8.40. The molecule has 0 aliphatic carbocycles. The molecule has 0 aromatic carbocycles. The highest BCUT2D eigenvalue weighted by molar-refractivity contribution is 5.86. The molecule has 0 bridgehead atoms. The van der Waals surface area contributed by atoms with Gasteiger partial charge in [0.05, 0.1) is 6.54 Å². The van der Waals surface area contributed by atoms with Gasteiger partial charge < -0.3 is 14.7 Å². The summed E-state index contributed by atoms with van der Waals surface area (Å²) in [6.07, 6.45) is -0.302. The first-order chi connectivity index (χ1) is 8.78. The topological polar surface area (TPSA) is 70.1 Å². The van der Waals surface area contributed by atoms with Gasteiger partial charge in [-0.05, 0) is 20.8 Å². The lowest BCUT2D eigenvalue weighted by Crippen LogP contribution is -2.50. The van der Waals surface area contributed by atoms with E-state index < -0.39 is 11.6 Å². The number of carbonyl (C=O) groups is 2. The Labute approximate surface area is 113 Å². The zero-order valence-electron chi connectivity index (χ0n) is 11.6. The Hall–Kier alpha value is -1.74. The Kier molecular flexibility index (Phi) is 5.19. The average molecular weight is 268 g/mol. The van der Waals surface area contributed by atoms with E-state index in [1.807, 2.05) is 25.7 Å². The van der Waals surface area contributed by atoms with Crippen molar-refractivity contribution in [2.24, 2.45) is 0 Å². The van der Waals surface area contributed by atoms with E-state index in [9.17, 15) is 9.59 Å². The molecular weight excluding hydrogens is 248 g/mol. The molecule has 0 unspecified atom stereocenters. The van der Waals surface area contributed by atoms with Crippen molar-refractivity contribution in [3.8, 4) is 11.8 Å². The van der Waals surface area contributed by atoms with Gasteiger partial charge in [-0.2, -0.15) is 0 Å². The second-order valence-corrected chi connectivity index (χ2v) is 5.35. The summed E-state index contributed by atoms with van der Waals surface area (Å²) in [6.45, 7) is 8.41. The molecule has 6 nitrogen and oxygen atoms in total. The molecule has 1 rings (SSSR count). The van der Waals surface area contributed by atoms with E-state index in [1.165, 1.54) is 0 Å². The number of rotatable bonds is 1. The van der Waals surface area contributed by atoms with Gasteiger partial charge in [0.25, 0.3) is 0 Å². The lowest BCUT2D eigenvalue weighted by atomic mass is 10.2. The number of carbonyl (C=O) groups excluding carboxylic acids is 1. The highest BCUT2D eigenvalue weighted by Crippen LogP contribution is 2.11. The van der Waals surface area contributed by atoms with Gasteiger partial charge in [0.1, 0.15) is 5.60 Å². The Morgan fingerprint density at radius 3 is 2.26 bits per heavy atom. The molecule has 0 saturated carbocycles. The van der Waals surface area contributed by atoms with Crippen LogP contribution in [-0.4, -0.2) is 65.3 Å². The molecule has 6 heteroatoms. The van der Waals surface area contributed by atoms with Gasteiger partial charge in [0.15, 0.2) is 0 Å². The third kappa shape index (κ3) is 6.11. The molecule has 19 heavy (non-hydrogen) atoms. The minimum absolute atomic E-state index is 0.302. The third-order valence-electron chi connectivity index (χ3n) is 2.52. The number of carboxylic acid groups (broad SMARTS) is 1. The average Bonchev–Trinajstić information content (AvgIpc) is 2.27. The van der Waals surface area contributed by atoms with Gasteiger partial charge in [0, 0.05) is 32.1 Å². The maximum absolute atomic E-state index is 11.8. The standard InChI is InChI=1S/C13H20N2O4/c1-13(2,3)19-12(18)15-9-7-14(8-10-15)6-4-5-11(16)17/h6-10H2,1-3H3,(H,16,17).